The van der Waals surface area contributed by atoms with Crippen LogP contribution in [0.2, 0.25) is 0 Å². The monoisotopic (exact) mass is 356 g/mol. The van der Waals surface area contributed by atoms with Gasteiger partial charge in [-0.25, -0.2) is 4.68 Å². The molecule has 3 N–H and O–H groups in total. The zero-order valence-electron chi connectivity index (χ0n) is 14.1. The fourth-order valence-corrected chi connectivity index (χ4v) is 2.94. The molecule has 2 amide bonds. The van der Waals surface area contributed by atoms with Gasteiger partial charge in [-0.05, 0) is 43.2 Å². The predicted molar refractivity (Wildman–Crippen MR) is 93.7 cm³/mol. The maximum atomic E-state index is 12.0. The molecule has 0 saturated heterocycles. The largest absolute Gasteiger partial charge is 0.481 e. The Balaban J connectivity index is 1.47. The number of nitrogens with zero attached hydrogens (tertiary/aromatic N) is 2. The lowest BCUT2D eigenvalue weighted by molar-refractivity contribution is -0.157. The lowest BCUT2D eigenvalue weighted by Crippen LogP contribution is -2.43. The molecule has 0 unspecified atom stereocenters. The van der Waals surface area contributed by atoms with E-state index in [9.17, 15) is 19.5 Å². The Labute approximate surface area is 150 Å². The van der Waals surface area contributed by atoms with Crippen LogP contribution in [0.1, 0.15) is 25.7 Å². The van der Waals surface area contributed by atoms with E-state index in [4.69, 9.17) is 0 Å². The van der Waals surface area contributed by atoms with Crippen LogP contribution in [0.5, 0.6) is 0 Å². The standard InChI is InChI=1S/C18H20N4O4/c23-15(11-18(17(25)26)7-1-8-18)19-12-16(24)21-13-3-5-14(6-4-13)22-10-2-9-20-22/h2-6,9-10H,1,7-8,11-12H2,(H,19,23)(H,21,24)(H,25,26). The highest BCUT2D eigenvalue weighted by molar-refractivity contribution is 5.95. The van der Waals surface area contributed by atoms with Crippen LogP contribution < -0.4 is 10.6 Å². The predicted octanol–water partition coefficient (Wildman–Crippen LogP) is 1.57. The summed E-state index contributed by atoms with van der Waals surface area (Å²) in [6.45, 7) is -0.199. The number of amides is 2. The van der Waals surface area contributed by atoms with E-state index in [0.717, 1.165) is 12.1 Å². The van der Waals surface area contributed by atoms with E-state index < -0.39 is 17.3 Å². The highest BCUT2D eigenvalue weighted by Crippen LogP contribution is 2.44. The summed E-state index contributed by atoms with van der Waals surface area (Å²) in [6.07, 6.45) is 5.23. The lowest BCUT2D eigenvalue weighted by atomic mass is 9.66. The number of anilines is 1. The number of aliphatic carboxylic acids is 1. The van der Waals surface area contributed by atoms with Gasteiger partial charge in [0.2, 0.25) is 11.8 Å². The van der Waals surface area contributed by atoms with Crippen LogP contribution in [0, 0.1) is 5.41 Å². The molecule has 0 aliphatic heterocycles. The minimum Gasteiger partial charge on any atom is -0.481 e. The van der Waals surface area contributed by atoms with Gasteiger partial charge in [-0.2, -0.15) is 5.10 Å². The third kappa shape index (κ3) is 3.90. The molecule has 0 spiro atoms. The Hall–Kier alpha value is -3.16. The summed E-state index contributed by atoms with van der Waals surface area (Å²) >= 11 is 0. The first-order valence-electron chi connectivity index (χ1n) is 8.39. The molecular weight excluding hydrogens is 336 g/mol. The normalized spacial score (nSPS) is 14.9. The minimum absolute atomic E-state index is 0.0891. The average molecular weight is 356 g/mol. The number of hydrogen-bond acceptors (Lipinski definition) is 4. The quantitative estimate of drug-likeness (QED) is 0.697. The first-order valence-corrected chi connectivity index (χ1v) is 8.39. The molecule has 8 heteroatoms. The topological polar surface area (TPSA) is 113 Å². The van der Waals surface area contributed by atoms with Gasteiger partial charge in [0.1, 0.15) is 0 Å². The molecule has 1 aromatic heterocycles. The molecule has 2 aromatic rings. The van der Waals surface area contributed by atoms with Gasteiger partial charge in [-0.15, -0.1) is 0 Å². The second-order valence-electron chi connectivity index (χ2n) is 6.44. The molecule has 1 aliphatic carbocycles. The third-order valence-corrected chi connectivity index (χ3v) is 4.63. The lowest BCUT2D eigenvalue weighted by Gasteiger charge is -2.36. The minimum atomic E-state index is -0.955. The maximum absolute atomic E-state index is 12.0. The fourth-order valence-electron chi connectivity index (χ4n) is 2.94. The zero-order valence-corrected chi connectivity index (χ0v) is 14.1. The summed E-state index contributed by atoms with van der Waals surface area (Å²) in [7, 11) is 0. The van der Waals surface area contributed by atoms with Crippen LogP contribution in [0.4, 0.5) is 5.69 Å². The smallest absolute Gasteiger partial charge is 0.310 e. The van der Waals surface area contributed by atoms with Crippen molar-refractivity contribution in [2.45, 2.75) is 25.7 Å². The Morgan fingerprint density at radius 2 is 1.88 bits per heavy atom. The summed E-state index contributed by atoms with van der Waals surface area (Å²) in [5, 5.41) is 18.5. The van der Waals surface area contributed by atoms with Gasteiger partial charge in [0, 0.05) is 24.5 Å². The van der Waals surface area contributed by atoms with Gasteiger partial charge in [-0.3, -0.25) is 14.4 Å². The van der Waals surface area contributed by atoms with Gasteiger partial charge in [-0.1, -0.05) is 6.42 Å². The molecule has 1 heterocycles. The molecule has 8 nitrogen and oxygen atoms in total. The maximum Gasteiger partial charge on any atom is 0.310 e. The second kappa shape index (κ2) is 7.38. The van der Waals surface area contributed by atoms with Crippen molar-refractivity contribution in [2.75, 3.05) is 11.9 Å². The molecule has 1 fully saturated rings. The van der Waals surface area contributed by atoms with Gasteiger partial charge in [0.15, 0.2) is 0 Å². The highest BCUT2D eigenvalue weighted by atomic mass is 16.4. The van der Waals surface area contributed by atoms with Crippen molar-refractivity contribution in [3.05, 3.63) is 42.7 Å². The first-order chi connectivity index (χ1) is 12.5. The number of aromatic nitrogens is 2. The van der Waals surface area contributed by atoms with Crippen LogP contribution in [-0.2, 0) is 14.4 Å². The summed E-state index contributed by atoms with van der Waals surface area (Å²) in [6, 6.07) is 8.92. The number of carbonyl (C=O) groups excluding carboxylic acids is 2. The Morgan fingerprint density at radius 1 is 1.15 bits per heavy atom. The van der Waals surface area contributed by atoms with E-state index in [0.29, 0.717) is 18.5 Å². The van der Waals surface area contributed by atoms with Gasteiger partial charge < -0.3 is 15.7 Å². The number of carboxylic acid groups (broad SMARTS) is 1. The average Bonchev–Trinajstić information content (AvgIpc) is 3.11. The number of hydrogen-bond donors (Lipinski definition) is 3. The number of nitrogens with one attached hydrogen (secondary N) is 2. The molecule has 1 aliphatic rings. The van der Waals surface area contributed by atoms with E-state index in [1.807, 2.05) is 24.4 Å². The van der Waals surface area contributed by atoms with E-state index >= 15 is 0 Å². The van der Waals surface area contributed by atoms with Crippen molar-refractivity contribution >= 4 is 23.5 Å². The van der Waals surface area contributed by atoms with Crippen molar-refractivity contribution < 1.29 is 19.5 Å². The van der Waals surface area contributed by atoms with Crippen molar-refractivity contribution in [3.8, 4) is 5.69 Å². The number of benzene rings is 1. The van der Waals surface area contributed by atoms with E-state index in [1.165, 1.54) is 0 Å². The molecule has 136 valence electrons. The van der Waals surface area contributed by atoms with Crippen molar-refractivity contribution in [1.29, 1.82) is 0 Å². The first kappa shape index (κ1) is 17.7. The van der Waals surface area contributed by atoms with Crippen LogP contribution in [-0.4, -0.2) is 39.2 Å². The fraction of sp³-hybridized carbons (Fsp3) is 0.333. The molecule has 3 rings (SSSR count). The van der Waals surface area contributed by atoms with Crippen molar-refractivity contribution in [2.24, 2.45) is 5.41 Å². The van der Waals surface area contributed by atoms with E-state index in [2.05, 4.69) is 15.7 Å². The Morgan fingerprint density at radius 3 is 2.42 bits per heavy atom. The van der Waals surface area contributed by atoms with Crippen molar-refractivity contribution in [1.82, 2.24) is 15.1 Å². The van der Waals surface area contributed by atoms with Gasteiger partial charge in [0.05, 0.1) is 17.6 Å². The van der Waals surface area contributed by atoms with Gasteiger partial charge in [0.25, 0.3) is 0 Å². The molecule has 1 aromatic carbocycles. The molecule has 26 heavy (non-hydrogen) atoms. The number of rotatable bonds is 7. The van der Waals surface area contributed by atoms with Crippen LogP contribution in [0.3, 0.4) is 0 Å². The molecule has 0 atom stereocenters. The van der Waals surface area contributed by atoms with Crippen LogP contribution in [0.25, 0.3) is 5.69 Å². The SMILES string of the molecule is O=C(CC1(C(=O)O)CCC1)NCC(=O)Nc1ccc(-n2cccn2)cc1. The second-order valence-corrected chi connectivity index (χ2v) is 6.44. The molecule has 0 radical (unpaired) electrons. The Bertz CT molecular complexity index is 795. The highest BCUT2D eigenvalue weighted by Gasteiger charge is 2.45. The van der Waals surface area contributed by atoms with Crippen LogP contribution in [0.15, 0.2) is 42.7 Å². The molecule has 0 bridgehead atoms. The number of carboxylic acids is 1. The van der Waals surface area contributed by atoms with E-state index in [-0.39, 0.29) is 18.9 Å². The zero-order chi connectivity index (χ0) is 18.6. The summed E-state index contributed by atoms with van der Waals surface area (Å²) in [5.74, 6) is -1.74. The molecular formula is C18H20N4O4. The van der Waals surface area contributed by atoms with Crippen molar-refractivity contribution in [3.63, 3.8) is 0 Å². The third-order valence-electron chi connectivity index (χ3n) is 4.63. The van der Waals surface area contributed by atoms with Crippen LogP contribution >= 0.6 is 0 Å². The summed E-state index contributed by atoms with van der Waals surface area (Å²) in [5.41, 5.74) is 0.505. The number of carbonyl (C=O) groups is 3. The van der Waals surface area contributed by atoms with Gasteiger partial charge >= 0.3 is 5.97 Å². The Kier molecular flexibility index (Phi) is 5.01. The summed E-state index contributed by atoms with van der Waals surface area (Å²) in [4.78, 5) is 35.1. The van der Waals surface area contributed by atoms with E-state index in [1.54, 1.807) is 23.0 Å². The summed E-state index contributed by atoms with van der Waals surface area (Å²) < 4.78 is 1.70. The molecule has 1 saturated carbocycles.